The third kappa shape index (κ3) is 3.31. The third-order valence-electron chi connectivity index (χ3n) is 2.40. The van der Waals surface area contributed by atoms with E-state index < -0.39 is 0 Å². The molecule has 0 aliphatic rings. The van der Waals surface area contributed by atoms with Crippen molar-refractivity contribution in [2.75, 3.05) is 11.9 Å². The summed E-state index contributed by atoms with van der Waals surface area (Å²) in [5.41, 5.74) is 1.45. The fourth-order valence-electron chi connectivity index (χ4n) is 1.55. The topological polar surface area (TPSA) is 79.9 Å². The van der Waals surface area contributed by atoms with E-state index in [0.717, 1.165) is 10.0 Å². The largest absolute Gasteiger partial charge is 0.463 e. The lowest BCUT2D eigenvalue weighted by Crippen LogP contribution is -2.14. The lowest BCUT2D eigenvalue weighted by molar-refractivity contribution is 0.102. The number of H-pyrrole nitrogens is 1. The smallest absolute Gasteiger partial charge is 0.337 e. The van der Waals surface area contributed by atoms with Gasteiger partial charge in [0.05, 0.1) is 6.61 Å². The van der Waals surface area contributed by atoms with Crippen LogP contribution in [0.1, 0.15) is 22.8 Å². The van der Waals surface area contributed by atoms with Crippen molar-refractivity contribution in [3.8, 4) is 6.01 Å². The normalized spacial score (nSPS) is 10.3. The highest BCUT2D eigenvalue weighted by molar-refractivity contribution is 9.10. The average molecular weight is 325 g/mol. The van der Waals surface area contributed by atoms with E-state index in [4.69, 9.17) is 4.74 Å². The maximum atomic E-state index is 12.1. The Hall–Kier alpha value is -1.89. The number of aryl methyl sites for hydroxylation is 1. The molecule has 0 bridgehead atoms. The Balaban J connectivity index is 2.11. The number of aromatic nitrogens is 3. The van der Waals surface area contributed by atoms with Gasteiger partial charge in [-0.05, 0) is 37.6 Å². The molecule has 0 radical (unpaired) electrons. The van der Waals surface area contributed by atoms with Crippen molar-refractivity contribution in [1.29, 1.82) is 0 Å². The molecular weight excluding hydrogens is 312 g/mol. The Labute approximate surface area is 118 Å². The molecule has 2 aromatic rings. The van der Waals surface area contributed by atoms with Gasteiger partial charge in [0, 0.05) is 10.0 Å². The van der Waals surface area contributed by atoms with Crippen LogP contribution in [-0.2, 0) is 0 Å². The minimum Gasteiger partial charge on any atom is -0.463 e. The van der Waals surface area contributed by atoms with E-state index in [-0.39, 0.29) is 17.9 Å². The molecule has 0 aliphatic carbocycles. The number of hydrogen-bond donors (Lipinski definition) is 2. The maximum Gasteiger partial charge on any atom is 0.337 e. The van der Waals surface area contributed by atoms with Gasteiger partial charge in [0.15, 0.2) is 0 Å². The van der Waals surface area contributed by atoms with Gasteiger partial charge < -0.3 is 4.74 Å². The highest BCUT2D eigenvalue weighted by Gasteiger charge is 2.12. The number of ether oxygens (including phenoxy) is 1. The number of nitrogens with one attached hydrogen (secondary N) is 2. The lowest BCUT2D eigenvalue weighted by Gasteiger charge is -2.05. The predicted molar refractivity (Wildman–Crippen MR) is 74.4 cm³/mol. The van der Waals surface area contributed by atoms with Crippen LogP contribution in [0, 0.1) is 6.92 Å². The second-order valence-electron chi connectivity index (χ2n) is 3.81. The Morgan fingerprint density at radius 1 is 1.53 bits per heavy atom. The fourth-order valence-corrected chi connectivity index (χ4v) is 2.03. The van der Waals surface area contributed by atoms with Crippen molar-refractivity contribution >= 4 is 27.8 Å². The highest BCUT2D eigenvalue weighted by atomic mass is 79.9. The maximum absolute atomic E-state index is 12.1. The van der Waals surface area contributed by atoms with Gasteiger partial charge in [-0.25, -0.2) is 5.10 Å². The molecule has 1 amide bonds. The highest BCUT2D eigenvalue weighted by Crippen LogP contribution is 2.17. The molecular formula is C12H13BrN4O2. The number of hydrogen-bond acceptors (Lipinski definition) is 4. The first-order valence-electron chi connectivity index (χ1n) is 5.73. The van der Waals surface area contributed by atoms with Gasteiger partial charge in [-0.1, -0.05) is 15.9 Å². The van der Waals surface area contributed by atoms with Crippen LogP contribution in [0.3, 0.4) is 0 Å². The van der Waals surface area contributed by atoms with Crippen molar-refractivity contribution in [3.63, 3.8) is 0 Å². The van der Waals surface area contributed by atoms with Crippen LogP contribution in [0.4, 0.5) is 5.95 Å². The molecule has 6 nitrogen and oxygen atoms in total. The average Bonchev–Trinajstić information content (AvgIpc) is 2.76. The summed E-state index contributed by atoms with van der Waals surface area (Å²) in [6.07, 6.45) is 0. The van der Waals surface area contributed by atoms with Crippen LogP contribution in [0.2, 0.25) is 0 Å². The molecule has 1 heterocycles. The van der Waals surface area contributed by atoms with Crippen LogP contribution in [0.5, 0.6) is 6.01 Å². The van der Waals surface area contributed by atoms with Gasteiger partial charge >= 0.3 is 6.01 Å². The van der Waals surface area contributed by atoms with E-state index in [1.807, 2.05) is 26.0 Å². The molecule has 0 atom stereocenters. The number of carbonyl (C=O) groups excluding carboxylic acids is 1. The van der Waals surface area contributed by atoms with E-state index in [1.54, 1.807) is 6.07 Å². The van der Waals surface area contributed by atoms with Gasteiger partial charge in [-0.15, -0.1) is 5.10 Å². The SMILES string of the molecule is CCOc1n[nH]c(NC(=O)c2ccc(Br)cc2C)n1. The Kier molecular flexibility index (Phi) is 4.16. The minimum absolute atomic E-state index is 0.213. The number of amides is 1. The summed E-state index contributed by atoms with van der Waals surface area (Å²) in [4.78, 5) is 16.0. The number of nitrogens with zero attached hydrogens (tertiary/aromatic N) is 2. The molecule has 0 unspecified atom stereocenters. The van der Waals surface area contributed by atoms with Crippen molar-refractivity contribution < 1.29 is 9.53 Å². The fraction of sp³-hybridized carbons (Fsp3) is 0.250. The van der Waals surface area contributed by atoms with E-state index in [2.05, 4.69) is 36.4 Å². The second kappa shape index (κ2) is 5.83. The molecule has 19 heavy (non-hydrogen) atoms. The predicted octanol–water partition coefficient (Wildman–Crippen LogP) is 2.53. The van der Waals surface area contributed by atoms with Crippen molar-refractivity contribution in [1.82, 2.24) is 15.2 Å². The second-order valence-corrected chi connectivity index (χ2v) is 4.73. The monoisotopic (exact) mass is 324 g/mol. The van der Waals surface area contributed by atoms with Crippen LogP contribution >= 0.6 is 15.9 Å². The quantitative estimate of drug-likeness (QED) is 0.905. The Morgan fingerprint density at radius 2 is 2.32 bits per heavy atom. The number of rotatable bonds is 4. The summed E-state index contributed by atoms with van der Waals surface area (Å²) in [6, 6.07) is 5.65. The standard InChI is InChI=1S/C12H13BrN4O2/c1-3-19-12-15-11(16-17-12)14-10(18)9-5-4-8(13)6-7(9)2/h4-6H,3H2,1-2H3,(H2,14,15,16,17,18). The van der Waals surface area contributed by atoms with E-state index in [1.165, 1.54) is 0 Å². The molecule has 0 aliphatic heterocycles. The van der Waals surface area contributed by atoms with Gasteiger partial charge in [0.2, 0.25) is 5.95 Å². The molecule has 7 heteroatoms. The summed E-state index contributed by atoms with van der Waals surface area (Å²) < 4.78 is 6.03. The Bertz CT molecular complexity index is 597. The Morgan fingerprint density at radius 3 is 3.00 bits per heavy atom. The zero-order valence-electron chi connectivity index (χ0n) is 10.5. The summed E-state index contributed by atoms with van der Waals surface area (Å²) in [5, 5.41) is 9.04. The minimum atomic E-state index is -0.246. The lowest BCUT2D eigenvalue weighted by atomic mass is 10.1. The number of anilines is 1. The van der Waals surface area contributed by atoms with Crippen molar-refractivity contribution in [3.05, 3.63) is 33.8 Å². The molecule has 0 fully saturated rings. The molecule has 0 saturated heterocycles. The van der Waals surface area contributed by atoms with Crippen molar-refractivity contribution in [2.45, 2.75) is 13.8 Å². The molecule has 1 aromatic carbocycles. The third-order valence-corrected chi connectivity index (χ3v) is 2.90. The summed E-state index contributed by atoms with van der Waals surface area (Å²) in [5.74, 6) is 0.0139. The van der Waals surface area contributed by atoms with Crippen LogP contribution < -0.4 is 10.1 Å². The molecule has 0 spiro atoms. The van der Waals surface area contributed by atoms with E-state index >= 15 is 0 Å². The summed E-state index contributed by atoms with van der Waals surface area (Å²) in [6.45, 7) is 4.17. The zero-order chi connectivity index (χ0) is 13.8. The van der Waals surface area contributed by atoms with Crippen LogP contribution in [-0.4, -0.2) is 27.7 Å². The van der Waals surface area contributed by atoms with Crippen molar-refractivity contribution in [2.24, 2.45) is 0 Å². The van der Waals surface area contributed by atoms with Gasteiger partial charge in [0.25, 0.3) is 5.91 Å². The summed E-state index contributed by atoms with van der Waals surface area (Å²) >= 11 is 3.36. The number of benzene rings is 1. The number of aromatic amines is 1. The summed E-state index contributed by atoms with van der Waals surface area (Å²) in [7, 11) is 0. The van der Waals surface area contributed by atoms with Crippen LogP contribution in [0.15, 0.2) is 22.7 Å². The number of carbonyl (C=O) groups is 1. The molecule has 100 valence electrons. The van der Waals surface area contributed by atoms with Gasteiger partial charge in [-0.3, -0.25) is 10.1 Å². The molecule has 2 rings (SSSR count). The van der Waals surface area contributed by atoms with Crippen LogP contribution in [0.25, 0.3) is 0 Å². The first-order chi connectivity index (χ1) is 9.10. The van der Waals surface area contributed by atoms with Gasteiger partial charge in [0.1, 0.15) is 0 Å². The zero-order valence-corrected chi connectivity index (χ0v) is 12.1. The molecule has 1 aromatic heterocycles. The first kappa shape index (κ1) is 13.5. The first-order valence-corrected chi connectivity index (χ1v) is 6.52. The molecule has 0 saturated carbocycles. The van der Waals surface area contributed by atoms with E-state index in [9.17, 15) is 4.79 Å². The number of halogens is 1. The molecule has 2 N–H and O–H groups in total. The van der Waals surface area contributed by atoms with Gasteiger partial charge in [-0.2, -0.15) is 4.98 Å². The van der Waals surface area contributed by atoms with E-state index in [0.29, 0.717) is 12.2 Å².